The molecule has 0 saturated heterocycles. The lowest BCUT2D eigenvalue weighted by atomic mass is 10.1. The van der Waals surface area contributed by atoms with Gasteiger partial charge in [-0.1, -0.05) is 0 Å². The molecule has 2 rings (SSSR count). The van der Waals surface area contributed by atoms with Crippen molar-refractivity contribution in [2.24, 2.45) is 0 Å². The van der Waals surface area contributed by atoms with Crippen LogP contribution in [0.15, 0.2) is 16.6 Å². The molecular formula is C11H6BrFIN5. The molecule has 1 aromatic heterocycles. The van der Waals surface area contributed by atoms with Crippen LogP contribution >= 0.6 is 38.5 Å². The molecule has 0 spiro atoms. The molecule has 0 amide bonds. The highest BCUT2D eigenvalue weighted by Crippen LogP contribution is 2.32. The first-order valence-electron chi connectivity index (χ1n) is 4.92. The quantitative estimate of drug-likeness (QED) is 0.531. The average Bonchev–Trinajstić information content (AvgIpc) is 2.33. The third kappa shape index (κ3) is 2.62. The van der Waals surface area contributed by atoms with Crippen LogP contribution in [-0.4, -0.2) is 9.97 Å². The summed E-state index contributed by atoms with van der Waals surface area (Å²) in [5.41, 5.74) is 11.4. The topological polar surface area (TPSA) is 102 Å². The Kier molecular flexibility index (Phi) is 3.86. The van der Waals surface area contributed by atoms with Crippen LogP contribution in [0.3, 0.4) is 0 Å². The minimum absolute atomic E-state index is 0.00576. The molecule has 1 aromatic carbocycles. The first-order chi connectivity index (χ1) is 8.93. The van der Waals surface area contributed by atoms with E-state index < -0.39 is 5.82 Å². The standard InChI is InChI=1S/C11H6BrFIN5/c12-6-2-7(13)4(1-8(6)14)9-5(3-15)10(16)19-11(17)18-9/h1-2H,(H4,16,17,18,19). The molecule has 0 unspecified atom stereocenters. The minimum Gasteiger partial charge on any atom is -0.382 e. The fourth-order valence-corrected chi connectivity index (χ4v) is 2.29. The Morgan fingerprint density at radius 3 is 2.63 bits per heavy atom. The first kappa shape index (κ1) is 14.0. The van der Waals surface area contributed by atoms with Gasteiger partial charge in [0.2, 0.25) is 5.95 Å². The summed E-state index contributed by atoms with van der Waals surface area (Å²) >= 11 is 5.25. The number of halogens is 3. The lowest BCUT2D eigenvalue weighted by Gasteiger charge is -2.09. The van der Waals surface area contributed by atoms with Gasteiger partial charge in [-0.05, 0) is 50.7 Å². The van der Waals surface area contributed by atoms with Crippen molar-refractivity contribution in [3.05, 3.63) is 31.6 Å². The molecule has 96 valence electrons. The molecular weight excluding hydrogens is 428 g/mol. The maximum atomic E-state index is 14.0. The van der Waals surface area contributed by atoms with Crippen molar-refractivity contribution < 1.29 is 4.39 Å². The number of aromatic nitrogens is 2. The van der Waals surface area contributed by atoms with Gasteiger partial charge in [-0.25, -0.2) is 9.37 Å². The maximum absolute atomic E-state index is 14.0. The van der Waals surface area contributed by atoms with Gasteiger partial charge in [0.05, 0.1) is 5.69 Å². The molecule has 0 atom stereocenters. The molecule has 5 nitrogen and oxygen atoms in total. The van der Waals surface area contributed by atoms with Gasteiger partial charge in [-0.2, -0.15) is 10.2 Å². The van der Waals surface area contributed by atoms with Gasteiger partial charge >= 0.3 is 0 Å². The summed E-state index contributed by atoms with van der Waals surface area (Å²) in [6.45, 7) is 0. The number of benzene rings is 1. The highest BCUT2D eigenvalue weighted by molar-refractivity contribution is 14.1. The third-order valence-corrected chi connectivity index (χ3v) is 4.62. The second kappa shape index (κ2) is 5.26. The number of anilines is 2. The van der Waals surface area contributed by atoms with Gasteiger partial charge in [0.25, 0.3) is 0 Å². The van der Waals surface area contributed by atoms with Gasteiger partial charge < -0.3 is 11.5 Å². The van der Waals surface area contributed by atoms with Crippen LogP contribution in [0.5, 0.6) is 0 Å². The Bertz CT molecular complexity index is 713. The van der Waals surface area contributed by atoms with E-state index in [-0.39, 0.29) is 28.6 Å². The minimum atomic E-state index is -0.527. The van der Waals surface area contributed by atoms with Crippen molar-refractivity contribution in [3.8, 4) is 17.3 Å². The molecule has 4 N–H and O–H groups in total. The zero-order valence-corrected chi connectivity index (χ0v) is 13.0. The van der Waals surface area contributed by atoms with E-state index in [9.17, 15) is 4.39 Å². The van der Waals surface area contributed by atoms with E-state index in [0.717, 1.165) is 3.57 Å². The van der Waals surface area contributed by atoms with Crippen molar-refractivity contribution in [1.82, 2.24) is 9.97 Å². The van der Waals surface area contributed by atoms with Gasteiger partial charge in [0.1, 0.15) is 23.3 Å². The highest BCUT2D eigenvalue weighted by Gasteiger charge is 2.17. The molecule has 19 heavy (non-hydrogen) atoms. The number of nitrogen functional groups attached to an aromatic ring is 2. The predicted molar refractivity (Wildman–Crippen MR) is 81.4 cm³/mol. The van der Waals surface area contributed by atoms with E-state index in [0.29, 0.717) is 4.47 Å². The van der Waals surface area contributed by atoms with Crippen LogP contribution in [0, 0.1) is 20.7 Å². The molecule has 1 heterocycles. The van der Waals surface area contributed by atoms with Gasteiger partial charge in [0.15, 0.2) is 0 Å². The third-order valence-electron chi connectivity index (χ3n) is 2.33. The van der Waals surface area contributed by atoms with E-state index in [1.807, 2.05) is 28.7 Å². The molecule has 0 saturated carbocycles. The molecule has 0 radical (unpaired) electrons. The van der Waals surface area contributed by atoms with E-state index in [2.05, 4.69) is 25.9 Å². The number of hydrogen-bond acceptors (Lipinski definition) is 5. The number of rotatable bonds is 1. The summed E-state index contributed by atoms with van der Waals surface area (Å²) in [6, 6.07) is 4.72. The monoisotopic (exact) mass is 433 g/mol. The van der Waals surface area contributed by atoms with Crippen LogP contribution in [0.1, 0.15) is 5.56 Å². The van der Waals surface area contributed by atoms with Crippen LogP contribution in [-0.2, 0) is 0 Å². The second-order valence-electron chi connectivity index (χ2n) is 3.55. The lowest BCUT2D eigenvalue weighted by Crippen LogP contribution is -2.05. The molecule has 0 aliphatic heterocycles. The molecule has 2 aromatic rings. The number of hydrogen-bond donors (Lipinski definition) is 2. The Morgan fingerprint density at radius 1 is 1.32 bits per heavy atom. The second-order valence-corrected chi connectivity index (χ2v) is 5.57. The van der Waals surface area contributed by atoms with E-state index in [1.165, 1.54) is 6.07 Å². The number of nitrogens with two attached hydrogens (primary N) is 2. The molecule has 8 heteroatoms. The Morgan fingerprint density at radius 2 is 2.00 bits per heavy atom. The summed E-state index contributed by atoms with van der Waals surface area (Å²) in [6.07, 6.45) is 0. The first-order valence-corrected chi connectivity index (χ1v) is 6.79. The van der Waals surface area contributed by atoms with Crippen LogP contribution < -0.4 is 11.5 Å². The number of nitriles is 1. The van der Waals surface area contributed by atoms with Crippen molar-refractivity contribution in [2.75, 3.05) is 11.5 Å². The van der Waals surface area contributed by atoms with E-state index in [1.54, 1.807) is 6.07 Å². The molecule has 0 fully saturated rings. The van der Waals surface area contributed by atoms with Crippen molar-refractivity contribution >= 4 is 50.3 Å². The van der Waals surface area contributed by atoms with Gasteiger partial charge in [-0.15, -0.1) is 0 Å². The summed E-state index contributed by atoms with van der Waals surface area (Å²) in [5.74, 6) is -0.701. The number of nitrogens with zero attached hydrogens (tertiary/aromatic N) is 3. The zero-order valence-electron chi connectivity index (χ0n) is 9.28. The highest BCUT2D eigenvalue weighted by atomic mass is 127. The fraction of sp³-hybridized carbons (Fsp3) is 0. The molecule has 0 aliphatic rings. The Hall–Kier alpha value is -1.47. The predicted octanol–water partition coefficient (Wildman–Crippen LogP) is 2.69. The zero-order chi connectivity index (χ0) is 14.2. The molecule has 0 aliphatic carbocycles. The van der Waals surface area contributed by atoms with E-state index >= 15 is 0 Å². The smallest absolute Gasteiger partial charge is 0.222 e. The summed E-state index contributed by atoms with van der Waals surface area (Å²) in [4.78, 5) is 7.60. The van der Waals surface area contributed by atoms with Crippen LogP contribution in [0.2, 0.25) is 0 Å². The van der Waals surface area contributed by atoms with Gasteiger partial charge in [-0.3, -0.25) is 0 Å². The summed E-state index contributed by atoms with van der Waals surface area (Å²) in [7, 11) is 0. The average molecular weight is 434 g/mol. The maximum Gasteiger partial charge on any atom is 0.222 e. The van der Waals surface area contributed by atoms with Crippen molar-refractivity contribution in [1.29, 1.82) is 5.26 Å². The Labute approximate surface area is 130 Å². The van der Waals surface area contributed by atoms with Gasteiger partial charge in [0, 0.05) is 13.6 Å². The van der Waals surface area contributed by atoms with Crippen LogP contribution in [0.4, 0.5) is 16.2 Å². The lowest BCUT2D eigenvalue weighted by molar-refractivity contribution is 0.629. The van der Waals surface area contributed by atoms with Crippen LogP contribution in [0.25, 0.3) is 11.3 Å². The normalized spacial score (nSPS) is 10.2. The SMILES string of the molecule is N#Cc1c(N)nc(N)nc1-c1cc(I)c(Br)cc1F. The largest absolute Gasteiger partial charge is 0.382 e. The Balaban J connectivity index is 2.79. The van der Waals surface area contributed by atoms with Crippen molar-refractivity contribution in [2.45, 2.75) is 0 Å². The molecule has 0 bridgehead atoms. The van der Waals surface area contributed by atoms with Crippen molar-refractivity contribution in [3.63, 3.8) is 0 Å². The van der Waals surface area contributed by atoms with E-state index in [4.69, 9.17) is 16.7 Å². The summed E-state index contributed by atoms with van der Waals surface area (Å²) in [5, 5.41) is 9.08. The fourth-order valence-electron chi connectivity index (χ4n) is 1.51. The summed E-state index contributed by atoms with van der Waals surface area (Å²) < 4.78 is 15.4.